The Balaban J connectivity index is 1.65. The van der Waals surface area contributed by atoms with E-state index in [0.717, 1.165) is 37.8 Å². The van der Waals surface area contributed by atoms with Gasteiger partial charge in [-0.15, -0.1) is 0 Å². The average Bonchev–Trinajstić information content (AvgIpc) is 3.19. The van der Waals surface area contributed by atoms with Gasteiger partial charge in [-0.1, -0.05) is 11.6 Å². The lowest BCUT2D eigenvalue weighted by molar-refractivity contribution is 0.248. The topological polar surface area (TPSA) is 32.5 Å². The van der Waals surface area contributed by atoms with Gasteiger partial charge in [0.05, 0.1) is 16.4 Å². The van der Waals surface area contributed by atoms with E-state index in [0.29, 0.717) is 5.69 Å². The largest absolute Gasteiger partial charge is 0.397 e. The molecule has 1 aliphatic heterocycles. The second-order valence-electron chi connectivity index (χ2n) is 5.56. The van der Waals surface area contributed by atoms with Crippen molar-refractivity contribution in [1.29, 1.82) is 0 Å². The van der Waals surface area contributed by atoms with Crippen LogP contribution in [0, 0.1) is 11.7 Å². The summed E-state index contributed by atoms with van der Waals surface area (Å²) in [6.07, 6.45) is 2.78. The van der Waals surface area contributed by atoms with Crippen molar-refractivity contribution in [2.24, 2.45) is 5.92 Å². The fourth-order valence-electron chi connectivity index (χ4n) is 2.66. The Labute approximate surface area is 118 Å². The molecular formula is C14H19ClFN3. The highest BCUT2D eigenvalue weighted by molar-refractivity contribution is 6.31. The fraction of sp³-hybridized carbons (Fsp3) is 0.571. The SMILES string of the molecule is Nc1cc(F)c(Cl)cc1N1CCN(CC2CC2)CC1. The normalized spacial score (nSPS) is 20.8. The van der Waals surface area contributed by atoms with Gasteiger partial charge in [-0.3, -0.25) is 4.90 Å². The number of anilines is 2. The molecule has 0 aromatic heterocycles. The number of hydrogen-bond acceptors (Lipinski definition) is 3. The van der Waals surface area contributed by atoms with E-state index in [4.69, 9.17) is 17.3 Å². The molecule has 1 aromatic rings. The first-order chi connectivity index (χ1) is 9.13. The molecular weight excluding hydrogens is 265 g/mol. The van der Waals surface area contributed by atoms with Crippen molar-refractivity contribution < 1.29 is 4.39 Å². The van der Waals surface area contributed by atoms with Crippen LogP contribution in [-0.4, -0.2) is 37.6 Å². The molecule has 104 valence electrons. The van der Waals surface area contributed by atoms with Crippen LogP contribution < -0.4 is 10.6 Å². The summed E-state index contributed by atoms with van der Waals surface area (Å²) in [4.78, 5) is 4.71. The van der Waals surface area contributed by atoms with E-state index in [2.05, 4.69) is 9.80 Å². The molecule has 0 radical (unpaired) electrons. The minimum absolute atomic E-state index is 0.143. The van der Waals surface area contributed by atoms with Crippen molar-refractivity contribution in [1.82, 2.24) is 4.90 Å². The molecule has 0 unspecified atom stereocenters. The van der Waals surface area contributed by atoms with Gasteiger partial charge in [0.2, 0.25) is 0 Å². The third-order valence-corrected chi connectivity index (χ3v) is 4.29. The maximum absolute atomic E-state index is 13.3. The van der Waals surface area contributed by atoms with Gasteiger partial charge in [0, 0.05) is 38.8 Å². The standard InChI is InChI=1S/C14H19ClFN3/c15-11-7-14(13(17)8-12(11)16)19-5-3-18(4-6-19)9-10-1-2-10/h7-8,10H,1-6,9,17H2. The molecule has 0 amide bonds. The zero-order chi connectivity index (χ0) is 13.4. The number of rotatable bonds is 3. The molecule has 2 fully saturated rings. The van der Waals surface area contributed by atoms with Crippen LogP contribution in [0.15, 0.2) is 12.1 Å². The minimum atomic E-state index is -0.449. The van der Waals surface area contributed by atoms with Gasteiger partial charge in [0.15, 0.2) is 0 Å². The highest BCUT2D eigenvalue weighted by Crippen LogP contribution is 2.32. The van der Waals surface area contributed by atoms with E-state index in [1.807, 2.05) is 0 Å². The predicted molar refractivity (Wildman–Crippen MR) is 77.2 cm³/mol. The predicted octanol–water partition coefficient (Wildman–Crippen LogP) is 2.59. The van der Waals surface area contributed by atoms with Gasteiger partial charge in [-0.05, 0) is 24.8 Å². The maximum Gasteiger partial charge on any atom is 0.143 e. The summed E-state index contributed by atoms with van der Waals surface area (Å²) in [5.74, 6) is 0.479. The molecule has 5 heteroatoms. The second kappa shape index (κ2) is 5.17. The zero-order valence-corrected chi connectivity index (χ0v) is 11.7. The van der Waals surface area contributed by atoms with Crippen molar-refractivity contribution in [2.75, 3.05) is 43.4 Å². The molecule has 2 N–H and O–H groups in total. The molecule has 0 atom stereocenters. The fourth-order valence-corrected chi connectivity index (χ4v) is 2.82. The number of piperazine rings is 1. The molecule has 2 aliphatic rings. The van der Waals surface area contributed by atoms with E-state index < -0.39 is 5.82 Å². The van der Waals surface area contributed by atoms with E-state index >= 15 is 0 Å². The average molecular weight is 284 g/mol. The Morgan fingerprint density at radius 3 is 2.53 bits per heavy atom. The van der Waals surface area contributed by atoms with Crippen LogP contribution in [0.1, 0.15) is 12.8 Å². The highest BCUT2D eigenvalue weighted by atomic mass is 35.5. The molecule has 1 aromatic carbocycles. The molecule has 19 heavy (non-hydrogen) atoms. The van der Waals surface area contributed by atoms with E-state index in [-0.39, 0.29) is 5.02 Å². The molecule has 0 bridgehead atoms. The van der Waals surface area contributed by atoms with Crippen molar-refractivity contribution in [3.8, 4) is 0 Å². The van der Waals surface area contributed by atoms with E-state index in [9.17, 15) is 4.39 Å². The van der Waals surface area contributed by atoms with Crippen LogP contribution in [0.3, 0.4) is 0 Å². The number of nitrogens with two attached hydrogens (primary N) is 1. The quantitative estimate of drug-likeness (QED) is 0.866. The molecule has 0 spiro atoms. The Morgan fingerprint density at radius 1 is 1.21 bits per heavy atom. The molecule has 1 saturated heterocycles. The van der Waals surface area contributed by atoms with Crippen molar-refractivity contribution >= 4 is 23.0 Å². The smallest absolute Gasteiger partial charge is 0.143 e. The lowest BCUT2D eigenvalue weighted by atomic mass is 10.2. The molecule has 1 aliphatic carbocycles. The maximum atomic E-state index is 13.3. The summed E-state index contributed by atoms with van der Waals surface area (Å²) in [6.45, 7) is 5.18. The molecule has 3 rings (SSSR count). The zero-order valence-electron chi connectivity index (χ0n) is 10.9. The number of nitrogen functional groups attached to an aromatic ring is 1. The first-order valence-corrected chi connectivity index (χ1v) is 7.23. The molecule has 1 heterocycles. The van der Waals surface area contributed by atoms with Crippen LogP contribution >= 0.6 is 11.6 Å². The van der Waals surface area contributed by atoms with Gasteiger partial charge in [-0.25, -0.2) is 4.39 Å². The van der Waals surface area contributed by atoms with Crippen LogP contribution in [0.4, 0.5) is 15.8 Å². The Hall–Kier alpha value is -1.00. The van der Waals surface area contributed by atoms with Crippen molar-refractivity contribution in [2.45, 2.75) is 12.8 Å². The Kier molecular flexibility index (Phi) is 3.54. The Bertz CT molecular complexity index is 468. The van der Waals surface area contributed by atoms with Crippen LogP contribution in [0.2, 0.25) is 5.02 Å². The third-order valence-electron chi connectivity index (χ3n) is 4.00. The van der Waals surface area contributed by atoms with Crippen LogP contribution in [0.25, 0.3) is 0 Å². The highest BCUT2D eigenvalue weighted by Gasteiger charge is 2.27. The lowest BCUT2D eigenvalue weighted by Crippen LogP contribution is -2.47. The Morgan fingerprint density at radius 2 is 1.89 bits per heavy atom. The molecule has 1 saturated carbocycles. The number of halogens is 2. The number of nitrogens with zero attached hydrogens (tertiary/aromatic N) is 2. The number of hydrogen-bond donors (Lipinski definition) is 1. The molecule has 3 nitrogen and oxygen atoms in total. The summed E-state index contributed by atoms with van der Waals surface area (Å²) < 4.78 is 13.3. The summed E-state index contributed by atoms with van der Waals surface area (Å²) >= 11 is 5.84. The van der Waals surface area contributed by atoms with Gasteiger partial charge in [0.25, 0.3) is 0 Å². The summed E-state index contributed by atoms with van der Waals surface area (Å²) in [5, 5.41) is 0.143. The van der Waals surface area contributed by atoms with Gasteiger partial charge in [0.1, 0.15) is 5.82 Å². The van der Waals surface area contributed by atoms with Gasteiger partial charge in [-0.2, -0.15) is 0 Å². The van der Waals surface area contributed by atoms with Crippen LogP contribution in [-0.2, 0) is 0 Å². The number of benzene rings is 1. The first kappa shape index (κ1) is 13.0. The lowest BCUT2D eigenvalue weighted by Gasteiger charge is -2.36. The van der Waals surface area contributed by atoms with Gasteiger partial charge < -0.3 is 10.6 Å². The summed E-state index contributed by atoms with van der Waals surface area (Å²) in [5.41, 5.74) is 7.22. The van der Waals surface area contributed by atoms with Crippen molar-refractivity contribution in [3.05, 3.63) is 23.0 Å². The third kappa shape index (κ3) is 2.95. The van der Waals surface area contributed by atoms with Crippen LogP contribution in [0.5, 0.6) is 0 Å². The van der Waals surface area contributed by atoms with E-state index in [1.54, 1.807) is 6.07 Å². The van der Waals surface area contributed by atoms with Gasteiger partial charge >= 0.3 is 0 Å². The first-order valence-electron chi connectivity index (χ1n) is 6.85. The summed E-state index contributed by atoms with van der Waals surface area (Å²) in [6, 6.07) is 2.96. The van der Waals surface area contributed by atoms with E-state index in [1.165, 1.54) is 25.5 Å². The monoisotopic (exact) mass is 283 g/mol. The van der Waals surface area contributed by atoms with Crippen molar-refractivity contribution in [3.63, 3.8) is 0 Å². The minimum Gasteiger partial charge on any atom is -0.397 e. The second-order valence-corrected chi connectivity index (χ2v) is 5.96. The summed E-state index contributed by atoms with van der Waals surface area (Å²) in [7, 11) is 0.